The number of nitro groups is 2. The Morgan fingerprint density at radius 3 is 2.00 bits per heavy atom. The zero-order chi connectivity index (χ0) is 17.9. The van der Waals surface area contributed by atoms with Crippen molar-refractivity contribution in [3.05, 3.63) is 73.8 Å². The first-order valence-electron chi connectivity index (χ1n) is 6.28. The number of ether oxygens (including phenoxy) is 1. The van der Waals surface area contributed by atoms with E-state index in [1.54, 1.807) is 0 Å². The summed E-state index contributed by atoms with van der Waals surface area (Å²) in [5.74, 6) is -2.79. The van der Waals surface area contributed by atoms with Crippen LogP contribution >= 0.6 is 0 Å². The molecule has 0 atom stereocenters. The molecule has 1 N–H and O–H groups in total. The largest absolute Gasteiger partial charge is 0.478 e. The Balaban J connectivity index is 2.42. The first kappa shape index (κ1) is 16.5. The Morgan fingerprint density at radius 1 is 0.958 bits per heavy atom. The summed E-state index contributed by atoms with van der Waals surface area (Å²) >= 11 is 0. The summed E-state index contributed by atoms with van der Waals surface area (Å²) in [6.45, 7) is 0. The van der Waals surface area contributed by atoms with Crippen molar-refractivity contribution in [3.8, 4) is 5.75 Å². The number of rotatable bonds is 5. The van der Waals surface area contributed by atoms with Crippen LogP contribution in [0.3, 0.4) is 0 Å². The first-order chi connectivity index (χ1) is 11.3. The number of esters is 1. The number of nitro benzene ring substituents is 2. The molecule has 0 aliphatic carbocycles. The predicted molar refractivity (Wildman–Crippen MR) is 78.1 cm³/mol. The van der Waals surface area contributed by atoms with Crippen molar-refractivity contribution in [3.63, 3.8) is 0 Å². The normalized spacial score (nSPS) is 10.0. The quantitative estimate of drug-likeness (QED) is 0.379. The minimum atomic E-state index is -1.34. The molecule has 0 saturated heterocycles. The Kier molecular flexibility index (Phi) is 4.50. The molecule has 0 spiro atoms. The van der Waals surface area contributed by atoms with Crippen molar-refractivity contribution in [2.75, 3.05) is 0 Å². The van der Waals surface area contributed by atoms with E-state index in [1.807, 2.05) is 0 Å². The maximum absolute atomic E-state index is 12.1. The monoisotopic (exact) mass is 332 g/mol. The molecule has 10 heteroatoms. The maximum Gasteiger partial charge on any atom is 0.344 e. The van der Waals surface area contributed by atoms with Crippen LogP contribution in [0.1, 0.15) is 20.7 Å². The molecule has 2 rings (SSSR count). The smallest absolute Gasteiger partial charge is 0.344 e. The van der Waals surface area contributed by atoms with Gasteiger partial charge in [-0.15, -0.1) is 0 Å². The van der Waals surface area contributed by atoms with Gasteiger partial charge in [0.1, 0.15) is 11.3 Å². The average molecular weight is 332 g/mol. The van der Waals surface area contributed by atoms with E-state index < -0.39 is 38.7 Å². The molecule has 0 radical (unpaired) electrons. The second-order valence-electron chi connectivity index (χ2n) is 4.44. The standard InChI is InChI=1S/C14H8N2O8/c17-13(18)11-3-1-2-4-12(11)24-14(19)8-5-9(15(20)21)7-10(6-8)16(22)23/h1-7H,(H,17,18). The molecule has 0 heterocycles. The topological polar surface area (TPSA) is 150 Å². The molecule has 0 unspecified atom stereocenters. The second kappa shape index (κ2) is 6.52. The van der Waals surface area contributed by atoms with Crippen LogP contribution in [0.25, 0.3) is 0 Å². The zero-order valence-electron chi connectivity index (χ0n) is 11.7. The van der Waals surface area contributed by atoms with Gasteiger partial charge < -0.3 is 9.84 Å². The minimum absolute atomic E-state index is 0.288. The lowest BCUT2D eigenvalue weighted by atomic mass is 10.1. The third-order valence-electron chi connectivity index (χ3n) is 2.88. The van der Waals surface area contributed by atoms with Gasteiger partial charge in [-0.1, -0.05) is 12.1 Å². The SMILES string of the molecule is O=C(Oc1ccccc1C(=O)O)c1cc([N+](=O)[O-])cc([N+](=O)[O-])c1. The third kappa shape index (κ3) is 3.50. The van der Waals surface area contributed by atoms with Gasteiger partial charge in [-0.05, 0) is 12.1 Å². The molecule has 2 aromatic rings. The molecule has 0 aliphatic heterocycles. The van der Waals surface area contributed by atoms with E-state index in [9.17, 15) is 29.8 Å². The molecule has 0 amide bonds. The van der Waals surface area contributed by atoms with Crippen molar-refractivity contribution >= 4 is 23.3 Å². The summed E-state index contributed by atoms with van der Waals surface area (Å²) < 4.78 is 4.90. The molecular formula is C14H8N2O8. The fourth-order valence-electron chi connectivity index (χ4n) is 1.81. The molecule has 24 heavy (non-hydrogen) atoms. The van der Waals surface area contributed by atoms with E-state index in [2.05, 4.69) is 0 Å². The number of aromatic carboxylic acids is 1. The summed E-state index contributed by atoms with van der Waals surface area (Å²) in [4.78, 5) is 43.0. The van der Waals surface area contributed by atoms with Crippen LogP contribution < -0.4 is 4.74 Å². The fourth-order valence-corrected chi connectivity index (χ4v) is 1.81. The van der Waals surface area contributed by atoms with Crippen LogP contribution in [-0.2, 0) is 0 Å². The van der Waals surface area contributed by atoms with Crippen LogP contribution in [0, 0.1) is 20.2 Å². The van der Waals surface area contributed by atoms with E-state index in [0.29, 0.717) is 6.07 Å². The molecule has 0 bridgehead atoms. The number of para-hydroxylation sites is 1. The molecule has 0 aromatic heterocycles. The Labute approximate surface area is 133 Å². The predicted octanol–water partition coefficient (Wildman–Crippen LogP) is 2.42. The van der Waals surface area contributed by atoms with Crippen LogP contribution in [0.15, 0.2) is 42.5 Å². The lowest BCUT2D eigenvalue weighted by molar-refractivity contribution is -0.394. The highest BCUT2D eigenvalue weighted by molar-refractivity contribution is 5.96. The van der Waals surface area contributed by atoms with Gasteiger partial charge in [0, 0.05) is 12.1 Å². The number of non-ortho nitro benzene ring substituents is 2. The number of nitrogens with zero attached hydrogens (tertiary/aromatic N) is 2. The van der Waals surface area contributed by atoms with Crippen molar-refractivity contribution in [1.82, 2.24) is 0 Å². The van der Waals surface area contributed by atoms with Crippen LogP contribution in [0.4, 0.5) is 11.4 Å². The molecule has 122 valence electrons. The van der Waals surface area contributed by atoms with Gasteiger partial charge in [0.2, 0.25) is 0 Å². The average Bonchev–Trinajstić information content (AvgIpc) is 2.54. The van der Waals surface area contributed by atoms with E-state index in [1.165, 1.54) is 24.3 Å². The van der Waals surface area contributed by atoms with Crippen LogP contribution in [-0.4, -0.2) is 26.9 Å². The van der Waals surface area contributed by atoms with Crippen molar-refractivity contribution < 1.29 is 29.3 Å². The number of hydrogen-bond donors (Lipinski definition) is 1. The van der Waals surface area contributed by atoms with Gasteiger partial charge in [-0.3, -0.25) is 20.2 Å². The summed E-state index contributed by atoms with van der Waals surface area (Å²) in [6, 6.07) is 7.55. The van der Waals surface area contributed by atoms with Gasteiger partial charge >= 0.3 is 11.9 Å². The number of carbonyl (C=O) groups excluding carboxylic acids is 1. The van der Waals surface area contributed by atoms with E-state index in [4.69, 9.17) is 9.84 Å². The second-order valence-corrected chi connectivity index (χ2v) is 4.44. The Hall–Kier alpha value is -3.82. The van der Waals surface area contributed by atoms with Gasteiger partial charge in [0.25, 0.3) is 11.4 Å². The highest BCUT2D eigenvalue weighted by Crippen LogP contribution is 2.25. The first-order valence-corrected chi connectivity index (χ1v) is 6.28. The van der Waals surface area contributed by atoms with Gasteiger partial charge in [-0.2, -0.15) is 0 Å². The third-order valence-corrected chi connectivity index (χ3v) is 2.88. The van der Waals surface area contributed by atoms with Gasteiger partial charge in [0.15, 0.2) is 0 Å². The number of benzene rings is 2. The van der Waals surface area contributed by atoms with Gasteiger partial charge in [0.05, 0.1) is 21.5 Å². The van der Waals surface area contributed by atoms with Crippen molar-refractivity contribution in [2.24, 2.45) is 0 Å². The van der Waals surface area contributed by atoms with Crippen LogP contribution in [0.2, 0.25) is 0 Å². The number of carboxylic acid groups (broad SMARTS) is 1. The van der Waals surface area contributed by atoms with E-state index in [0.717, 1.165) is 12.1 Å². The molecule has 0 fully saturated rings. The summed E-state index contributed by atoms with van der Waals surface area (Å²) in [6.07, 6.45) is 0. The summed E-state index contributed by atoms with van der Waals surface area (Å²) in [5, 5.41) is 30.6. The fraction of sp³-hybridized carbons (Fsp3) is 0. The number of hydrogen-bond acceptors (Lipinski definition) is 7. The Morgan fingerprint density at radius 2 is 1.50 bits per heavy atom. The minimum Gasteiger partial charge on any atom is -0.478 e. The van der Waals surface area contributed by atoms with Crippen LogP contribution in [0.5, 0.6) is 5.75 Å². The zero-order valence-corrected chi connectivity index (χ0v) is 11.7. The molecule has 2 aromatic carbocycles. The molecule has 0 saturated carbocycles. The summed E-state index contributed by atoms with van der Waals surface area (Å²) in [5.41, 5.74) is -2.08. The molecular weight excluding hydrogens is 324 g/mol. The summed E-state index contributed by atoms with van der Waals surface area (Å²) in [7, 11) is 0. The van der Waals surface area contributed by atoms with Gasteiger partial charge in [-0.25, -0.2) is 9.59 Å². The lowest BCUT2D eigenvalue weighted by Crippen LogP contribution is -2.12. The number of carbonyl (C=O) groups is 2. The molecule has 10 nitrogen and oxygen atoms in total. The number of carboxylic acids is 1. The lowest BCUT2D eigenvalue weighted by Gasteiger charge is -2.07. The van der Waals surface area contributed by atoms with E-state index >= 15 is 0 Å². The maximum atomic E-state index is 12.1. The highest BCUT2D eigenvalue weighted by atomic mass is 16.6. The highest BCUT2D eigenvalue weighted by Gasteiger charge is 2.22. The van der Waals surface area contributed by atoms with E-state index in [-0.39, 0.29) is 11.3 Å². The molecule has 0 aliphatic rings. The Bertz CT molecular complexity index is 829. The van der Waals surface area contributed by atoms with Crippen molar-refractivity contribution in [1.29, 1.82) is 0 Å². The van der Waals surface area contributed by atoms with Crippen molar-refractivity contribution in [2.45, 2.75) is 0 Å².